The minimum atomic E-state index is -0.653. The highest BCUT2D eigenvalue weighted by molar-refractivity contribution is 6.50. The van der Waals surface area contributed by atoms with Crippen LogP contribution in [0.5, 0.6) is 0 Å². The van der Waals surface area contributed by atoms with E-state index in [1.165, 1.54) is 0 Å². The summed E-state index contributed by atoms with van der Waals surface area (Å²) < 4.78 is 20.4. The molecule has 1 saturated heterocycles. The van der Waals surface area contributed by atoms with E-state index in [0.29, 0.717) is 0 Å². The Bertz CT molecular complexity index is 91.6. The van der Waals surface area contributed by atoms with Crippen molar-refractivity contribution < 1.29 is 16.5 Å². The fraction of sp³-hybridized carbons (Fsp3) is 0. The van der Waals surface area contributed by atoms with Crippen molar-refractivity contribution >= 4 is 40.0 Å². The summed E-state index contributed by atoms with van der Waals surface area (Å²) in [5.74, 6) is 0. The Labute approximate surface area is 82.2 Å². The van der Waals surface area contributed by atoms with Crippen molar-refractivity contribution in [2.45, 2.75) is 0 Å². The van der Waals surface area contributed by atoms with Crippen molar-refractivity contribution in [1.29, 1.82) is 0 Å². The third-order valence-electron chi connectivity index (χ3n) is 0.833. The summed E-state index contributed by atoms with van der Waals surface area (Å²) >= 11 is 0. The van der Waals surface area contributed by atoms with Crippen molar-refractivity contribution in [3.8, 4) is 0 Å². The second-order valence-electron chi connectivity index (χ2n) is 1.76. The molecule has 0 radical (unpaired) electrons. The first-order chi connectivity index (χ1) is 5.91. The highest BCUT2D eigenvalue weighted by atomic mass is 28.4. The van der Waals surface area contributed by atoms with Crippen LogP contribution in [-0.2, 0) is 16.5 Å². The average molecular weight is 238 g/mol. The van der Waals surface area contributed by atoms with Gasteiger partial charge in [0.2, 0.25) is 0 Å². The van der Waals surface area contributed by atoms with Crippen LogP contribution in [0.1, 0.15) is 0 Å². The van der Waals surface area contributed by atoms with Gasteiger partial charge in [-0.2, -0.15) is 0 Å². The average Bonchev–Trinajstić information content (AvgIpc) is 2.04. The predicted octanol–water partition coefficient (Wildman–Crippen LogP) is -2.58. The zero-order chi connectivity index (χ0) is 9.07. The van der Waals surface area contributed by atoms with Gasteiger partial charge in [0.15, 0.2) is 0 Å². The van der Waals surface area contributed by atoms with Crippen LogP contribution >= 0.6 is 0 Å². The Kier molecular flexibility index (Phi) is 11.4. The minimum Gasteiger partial charge on any atom is -0.425 e. The van der Waals surface area contributed by atoms with E-state index in [0.717, 1.165) is 0 Å². The van der Waals surface area contributed by atoms with E-state index in [2.05, 4.69) is 13.2 Å². The van der Waals surface area contributed by atoms with Crippen molar-refractivity contribution in [3.63, 3.8) is 0 Å². The lowest BCUT2D eigenvalue weighted by atomic mass is 10.6. The van der Waals surface area contributed by atoms with Crippen LogP contribution in [0.3, 0.4) is 0 Å². The topological polar surface area (TPSA) is 36.9 Å². The van der Waals surface area contributed by atoms with Gasteiger partial charge in [0.1, 0.15) is 0 Å². The lowest BCUT2D eigenvalue weighted by molar-refractivity contribution is 0.347. The maximum Gasteiger partial charge on any atom is 0.286 e. The largest absolute Gasteiger partial charge is 0.425 e. The van der Waals surface area contributed by atoms with Gasteiger partial charge in [-0.05, 0) is 0 Å². The molecule has 0 saturated carbocycles. The molecular formula is C4H14O4Si4. The van der Waals surface area contributed by atoms with Crippen molar-refractivity contribution in [2.24, 2.45) is 0 Å². The standard InChI is InChI=1S/C4H6.H8O4Si4/c1-3-4-2;1-5-2-7-4-8-3-6-1/h3-4H,1-2H2;5-8H2. The molecule has 12 heavy (non-hydrogen) atoms. The van der Waals surface area contributed by atoms with E-state index in [4.69, 9.17) is 16.5 Å². The summed E-state index contributed by atoms with van der Waals surface area (Å²) in [7, 11) is -2.61. The zero-order valence-electron chi connectivity index (χ0n) is 7.03. The molecule has 0 unspecified atom stereocenters. The van der Waals surface area contributed by atoms with Crippen molar-refractivity contribution in [1.82, 2.24) is 0 Å². The summed E-state index contributed by atoms with van der Waals surface area (Å²) in [5.41, 5.74) is 0. The molecule has 1 heterocycles. The lowest BCUT2D eigenvalue weighted by Crippen LogP contribution is -2.23. The van der Waals surface area contributed by atoms with Crippen LogP contribution in [0.25, 0.3) is 0 Å². The summed E-state index contributed by atoms with van der Waals surface area (Å²) in [6, 6.07) is 0. The fourth-order valence-corrected chi connectivity index (χ4v) is 7.59. The molecule has 0 N–H and O–H groups in total. The van der Waals surface area contributed by atoms with Gasteiger partial charge in [-0.25, -0.2) is 0 Å². The van der Waals surface area contributed by atoms with E-state index in [9.17, 15) is 0 Å². The van der Waals surface area contributed by atoms with Crippen LogP contribution in [-0.4, -0.2) is 40.0 Å². The second-order valence-corrected chi connectivity index (χ2v) is 9.23. The number of hydrogen-bond donors (Lipinski definition) is 0. The van der Waals surface area contributed by atoms with Crippen LogP contribution in [0, 0.1) is 0 Å². The smallest absolute Gasteiger partial charge is 0.286 e. The van der Waals surface area contributed by atoms with E-state index in [1.807, 2.05) is 0 Å². The van der Waals surface area contributed by atoms with Crippen LogP contribution in [0.2, 0.25) is 0 Å². The normalized spacial score (nSPS) is 25.7. The molecule has 1 aliphatic heterocycles. The van der Waals surface area contributed by atoms with Gasteiger partial charge in [-0.3, -0.25) is 0 Å². The van der Waals surface area contributed by atoms with Gasteiger partial charge in [0, 0.05) is 0 Å². The maximum absolute atomic E-state index is 5.10. The highest BCUT2D eigenvalue weighted by Gasteiger charge is 1.97. The fourth-order valence-electron chi connectivity index (χ4n) is 0.372. The molecule has 0 spiro atoms. The first-order valence-corrected chi connectivity index (χ1v) is 8.08. The molecule has 70 valence electrons. The molecule has 0 aromatic carbocycles. The van der Waals surface area contributed by atoms with Crippen molar-refractivity contribution in [3.05, 3.63) is 25.3 Å². The Morgan fingerprint density at radius 1 is 0.667 bits per heavy atom. The second kappa shape index (κ2) is 11.2. The van der Waals surface area contributed by atoms with E-state index in [1.54, 1.807) is 12.2 Å². The van der Waals surface area contributed by atoms with E-state index in [-0.39, 0.29) is 0 Å². The summed E-state index contributed by atoms with van der Waals surface area (Å²) in [5, 5.41) is 0. The SMILES string of the molecule is C=CC=C.O1[SiH2]O[SiH2]O[SiH2]O[SiH2]1. The molecule has 1 aliphatic rings. The summed E-state index contributed by atoms with van der Waals surface area (Å²) in [6.45, 7) is 6.72. The van der Waals surface area contributed by atoms with Gasteiger partial charge in [-0.15, -0.1) is 0 Å². The molecule has 0 aromatic heterocycles. The molecule has 0 bridgehead atoms. The Balaban J connectivity index is 0.000000261. The Hall–Kier alpha value is 0.188. The Morgan fingerprint density at radius 2 is 0.917 bits per heavy atom. The molecule has 4 nitrogen and oxygen atoms in total. The number of rotatable bonds is 1. The molecule has 1 rings (SSSR count). The number of allylic oxidation sites excluding steroid dienone is 2. The monoisotopic (exact) mass is 238 g/mol. The zero-order valence-corrected chi connectivity index (χ0v) is 12.7. The predicted molar refractivity (Wildman–Crippen MR) is 58.9 cm³/mol. The van der Waals surface area contributed by atoms with Crippen molar-refractivity contribution in [2.75, 3.05) is 0 Å². The van der Waals surface area contributed by atoms with Crippen LogP contribution in [0.4, 0.5) is 0 Å². The lowest BCUT2D eigenvalue weighted by Gasteiger charge is -2.10. The van der Waals surface area contributed by atoms with Crippen LogP contribution < -0.4 is 0 Å². The minimum absolute atomic E-state index is 0.653. The van der Waals surface area contributed by atoms with Gasteiger partial charge in [0.25, 0.3) is 40.0 Å². The van der Waals surface area contributed by atoms with E-state index >= 15 is 0 Å². The molecule has 0 atom stereocenters. The summed E-state index contributed by atoms with van der Waals surface area (Å²) in [6.07, 6.45) is 3.28. The highest BCUT2D eigenvalue weighted by Crippen LogP contribution is 1.79. The maximum atomic E-state index is 5.10. The first kappa shape index (κ1) is 12.2. The van der Waals surface area contributed by atoms with Crippen LogP contribution in [0.15, 0.2) is 25.3 Å². The van der Waals surface area contributed by atoms with Gasteiger partial charge in [-0.1, -0.05) is 25.3 Å². The molecule has 1 fully saturated rings. The molecular weight excluding hydrogens is 224 g/mol. The van der Waals surface area contributed by atoms with Gasteiger partial charge < -0.3 is 16.5 Å². The van der Waals surface area contributed by atoms with Gasteiger partial charge in [0.05, 0.1) is 0 Å². The summed E-state index contributed by atoms with van der Waals surface area (Å²) in [4.78, 5) is 0. The first-order valence-electron chi connectivity index (χ1n) is 3.46. The number of hydrogen-bond acceptors (Lipinski definition) is 4. The molecule has 8 heteroatoms. The van der Waals surface area contributed by atoms with Gasteiger partial charge >= 0.3 is 0 Å². The Morgan fingerprint density at radius 3 is 1.08 bits per heavy atom. The molecule has 0 aliphatic carbocycles. The molecule has 0 amide bonds. The third kappa shape index (κ3) is 10.2. The molecule has 0 aromatic rings. The third-order valence-corrected chi connectivity index (χ3v) is 6.17. The quantitative estimate of drug-likeness (QED) is 0.371. The van der Waals surface area contributed by atoms with E-state index < -0.39 is 40.0 Å².